The van der Waals surface area contributed by atoms with Gasteiger partial charge in [-0.15, -0.1) is 0 Å². The molecule has 1 fully saturated rings. The number of carbonyl (C=O) groups excluding carboxylic acids is 1. The Morgan fingerprint density at radius 3 is 2.79 bits per heavy atom. The summed E-state index contributed by atoms with van der Waals surface area (Å²) in [7, 11) is 0. The van der Waals surface area contributed by atoms with Gasteiger partial charge in [0.05, 0.1) is 17.7 Å². The first-order chi connectivity index (χ1) is 11.6. The van der Waals surface area contributed by atoms with Crippen LogP contribution in [0.1, 0.15) is 28.8 Å². The van der Waals surface area contributed by atoms with Crippen LogP contribution in [0.3, 0.4) is 0 Å². The van der Waals surface area contributed by atoms with E-state index >= 15 is 0 Å². The van der Waals surface area contributed by atoms with Crippen molar-refractivity contribution in [3.63, 3.8) is 0 Å². The van der Waals surface area contributed by atoms with Crippen molar-refractivity contribution in [3.05, 3.63) is 58.7 Å². The van der Waals surface area contributed by atoms with Crippen LogP contribution < -0.4 is 5.73 Å². The molecule has 3 rings (SSSR count). The molecule has 1 saturated heterocycles. The number of aliphatic hydroxyl groups is 1. The summed E-state index contributed by atoms with van der Waals surface area (Å²) >= 11 is 5.92. The predicted octanol–water partition coefficient (Wildman–Crippen LogP) is 2.53. The number of anilines is 1. The minimum absolute atomic E-state index is 0.182. The number of piperidine rings is 1. The third kappa shape index (κ3) is 3.52. The molecule has 6 heteroatoms. The van der Waals surface area contributed by atoms with Crippen molar-refractivity contribution in [3.8, 4) is 0 Å². The van der Waals surface area contributed by atoms with Crippen LogP contribution in [0, 0.1) is 0 Å². The van der Waals surface area contributed by atoms with Crippen molar-refractivity contribution in [1.82, 2.24) is 9.88 Å². The van der Waals surface area contributed by atoms with Gasteiger partial charge >= 0.3 is 0 Å². The molecule has 1 amide bonds. The van der Waals surface area contributed by atoms with Crippen LogP contribution in [-0.2, 0) is 6.42 Å². The first kappa shape index (κ1) is 16.7. The zero-order valence-corrected chi connectivity index (χ0v) is 14.0. The number of hydrogen-bond donors (Lipinski definition) is 2. The van der Waals surface area contributed by atoms with E-state index in [0.717, 1.165) is 12.0 Å². The Hall–Kier alpha value is -2.11. The van der Waals surface area contributed by atoms with Crippen LogP contribution >= 0.6 is 11.6 Å². The highest BCUT2D eigenvalue weighted by Gasteiger charge is 2.34. The average molecular weight is 346 g/mol. The number of carbonyl (C=O) groups is 1. The van der Waals surface area contributed by atoms with Gasteiger partial charge in [0.25, 0.3) is 5.91 Å². The van der Waals surface area contributed by atoms with E-state index in [0.29, 0.717) is 30.0 Å². The smallest absolute Gasteiger partial charge is 0.257 e. The molecule has 1 aromatic heterocycles. The van der Waals surface area contributed by atoms with Gasteiger partial charge in [0.2, 0.25) is 0 Å². The molecule has 0 unspecified atom stereocenters. The van der Waals surface area contributed by atoms with E-state index in [1.54, 1.807) is 23.2 Å². The molecule has 2 atom stereocenters. The zero-order valence-electron chi connectivity index (χ0n) is 13.2. The van der Waals surface area contributed by atoms with Gasteiger partial charge < -0.3 is 15.7 Å². The molecule has 1 aromatic carbocycles. The van der Waals surface area contributed by atoms with E-state index < -0.39 is 6.10 Å². The van der Waals surface area contributed by atoms with Crippen LogP contribution in [-0.4, -0.2) is 39.6 Å². The van der Waals surface area contributed by atoms with Crippen molar-refractivity contribution in [1.29, 1.82) is 0 Å². The molecule has 3 N–H and O–H groups in total. The van der Waals surface area contributed by atoms with Crippen molar-refractivity contribution in [2.24, 2.45) is 0 Å². The van der Waals surface area contributed by atoms with Crippen LogP contribution in [0.2, 0.25) is 5.02 Å². The maximum absolute atomic E-state index is 12.9. The number of nitrogens with two attached hydrogens (primary N) is 1. The fourth-order valence-corrected chi connectivity index (χ4v) is 3.28. The number of halogens is 1. The Morgan fingerprint density at radius 1 is 1.33 bits per heavy atom. The normalized spacial score (nSPS) is 20.8. The number of benzene rings is 1. The standard InChI is InChI=1S/C18H20ClN3O2/c19-13-7-5-12(6-8-13)11-15-16(23)4-2-10-22(15)18(24)14-3-1-9-21-17(14)20/h1,3,5-9,15-16,23H,2,4,10-11H2,(H2,20,21)/t15-,16-/m0/s1. The quantitative estimate of drug-likeness (QED) is 0.895. The second-order valence-corrected chi connectivity index (χ2v) is 6.48. The Bertz CT molecular complexity index is 720. The van der Waals surface area contributed by atoms with Crippen LogP contribution in [0.4, 0.5) is 5.82 Å². The van der Waals surface area contributed by atoms with E-state index in [-0.39, 0.29) is 17.8 Å². The summed E-state index contributed by atoms with van der Waals surface area (Å²) in [6.07, 6.45) is 3.03. The van der Waals surface area contributed by atoms with Crippen LogP contribution in [0.5, 0.6) is 0 Å². The van der Waals surface area contributed by atoms with E-state index in [4.69, 9.17) is 17.3 Å². The van der Waals surface area contributed by atoms with Gasteiger partial charge in [-0.25, -0.2) is 4.98 Å². The second kappa shape index (κ2) is 7.20. The summed E-state index contributed by atoms with van der Waals surface area (Å²) in [4.78, 5) is 18.6. The number of hydrogen-bond acceptors (Lipinski definition) is 4. The summed E-state index contributed by atoms with van der Waals surface area (Å²) in [5, 5.41) is 11.1. The van der Waals surface area contributed by atoms with E-state index in [1.165, 1.54) is 0 Å². The van der Waals surface area contributed by atoms with E-state index in [9.17, 15) is 9.90 Å². The molecular weight excluding hydrogens is 326 g/mol. The fourth-order valence-electron chi connectivity index (χ4n) is 3.15. The molecule has 24 heavy (non-hydrogen) atoms. The first-order valence-electron chi connectivity index (χ1n) is 8.00. The van der Waals surface area contributed by atoms with Crippen molar-refractivity contribution >= 4 is 23.3 Å². The van der Waals surface area contributed by atoms with Crippen molar-refractivity contribution in [2.45, 2.75) is 31.4 Å². The molecule has 0 aliphatic carbocycles. The monoisotopic (exact) mass is 345 g/mol. The Labute approximate surface area is 146 Å². The topological polar surface area (TPSA) is 79.5 Å². The summed E-state index contributed by atoms with van der Waals surface area (Å²) in [6, 6.07) is 10.6. The predicted molar refractivity (Wildman–Crippen MR) is 93.9 cm³/mol. The third-order valence-electron chi connectivity index (χ3n) is 4.43. The number of aromatic nitrogens is 1. The maximum atomic E-state index is 12.9. The van der Waals surface area contributed by atoms with Crippen molar-refractivity contribution in [2.75, 3.05) is 12.3 Å². The van der Waals surface area contributed by atoms with Gasteiger partial charge in [0, 0.05) is 17.8 Å². The lowest BCUT2D eigenvalue weighted by molar-refractivity contribution is 0.0119. The number of amides is 1. The maximum Gasteiger partial charge on any atom is 0.257 e. The minimum atomic E-state index is -0.559. The minimum Gasteiger partial charge on any atom is -0.391 e. The first-order valence-corrected chi connectivity index (χ1v) is 8.38. The molecule has 2 heterocycles. The van der Waals surface area contributed by atoms with Gasteiger partial charge in [-0.05, 0) is 49.1 Å². The van der Waals surface area contributed by atoms with Gasteiger partial charge in [0.1, 0.15) is 5.82 Å². The van der Waals surface area contributed by atoms with Gasteiger partial charge in [-0.3, -0.25) is 4.79 Å². The number of nitrogen functional groups attached to an aromatic ring is 1. The van der Waals surface area contributed by atoms with Gasteiger partial charge in [0.15, 0.2) is 0 Å². The molecular formula is C18H20ClN3O2. The number of nitrogens with zero attached hydrogens (tertiary/aromatic N) is 2. The largest absolute Gasteiger partial charge is 0.391 e. The number of likely N-dealkylation sites (tertiary alicyclic amines) is 1. The fraction of sp³-hybridized carbons (Fsp3) is 0.333. The molecule has 0 radical (unpaired) electrons. The number of rotatable bonds is 3. The Kier molecular flexibility index (Phi) is 5.02. The van der Waals surface area contributed by atoms with E-state index in [2.05, 4.69) is 4.98 Å². The molecule has 0 bridgehead atoms. The summed E-state index contributed by atoms with van der Waals surface area (Å²) in [5.74, 6) is 0.0334. The summed E-state index contributed by atoms with van der Waals surface area (Å²) in [5.41, 5.74) is 7.25. The van der Waals surface area contributed by atoms with Crippen LogP contribution in [0.25, 0.3) is 0 Å². The highest BCUT2D eigenvalue weighted by atomic mass is 35.5. The SMILES string of the molecule is Nc1ncccc1C(=O)N1CCC[C@H](O)[C@@H]1Cc1ccc(Cl)cc1. The van der Waals surface area contributed by atoms with E-state index in [1.807, 2.05) is 24.3 Å². The lowest BCUT2D eigenvalue weighted by atomic mass is 9.92. The zero-order chi connectivity index (χ0) is 17.1. The number of pyridine rings is 1. The lowest BCUT2D eigenvalue weighted by Crippen LogP contribution is -2.52. The molecule has 1 aliphatic rings. The summed E-state index contributed by atoms with van der Waals surface area (Å²) in [6.45, 7) is 0.600. The Morgan fingerprint density at radius 2 is 2.08 bits per heavy atom. The number of aliphatic hydroxyl groups excluding tert-OH is 1. The van der Waals surface area contributed by atoms with Crippen LogP contribution in [0.15, 0.2) is 42.6 Å². The molecule has 1 aliphatic heterocycles. The van der Waals surface area contributed by atoms with Gasteiger partial charge in [-0.2, -0.15) is 0 Å². The highest BCUT2D eigenvalue weighted by molar-refractivity contribution is 6.30. The molecule has 2 aromatic rings. The highest BCUT2D eigenvalue weighted by Crippen LogP contribution is 2.25. The van der Waals surface area contributed by atoms with Gasteiger partial charge in [-0.1, -0.05) is 23.7 Å². The molecule has 126 valence electrons. The third-order valence-corrected chi connectivity index (χ3v) is 4.68. The molecule has 0 spiro atoms. The molecule has 0 saturated carbocycles. The second-order valence-electron chi connectivity index (χ2n) is 6.04. The average Bonchev–Trinajstić information content (AvgIpc) is 2.58. The Balaban J connectivity index is 1.85. The summed E-state index contributed by atoms with van der Waals surface area (Å²) < 4.78 is 0. The van der Waals surface area contributed by atoms with Crippen molar-refractivity contribution < 1.29 is 9.90 Å². The molecule has 5 nitrogen and oxygen atoms in total. The lowest BCUT2D eigenvalue weighted by Gasteiger charge is -2.39.